The van der Waals surface area contributed by atoms with Crippen molar-refractivity contribution >= 4 is 42.1 Å². The van der Waals surface area contributed by atoms with Crippen LogP contribution in [0.2, 0.25) is 0 Å². The van der Waals surface area contributed by atoms with Crippen LogP contribution in [0.15, 0.2) is 29.6 Å². The number of carbonyl (C=O) groups is 1. The topological polar surface area (TPSA) is 45.2 Å². The second-order valence-corrected chi connectivity index (χ2v) is 7.94. The maximum Gasteiger partial charge on any atom is 0.273 e. The summed E-state index contributed by atoms with van der Waals surface area (Å²) in [7, 11) is 1.93. The fraction of sp³-hybridized carbons (Fsp3) is 0.474. The molecule has 4 nitrogen and oxygen atoms in total. The summed E-state index contributed by atoms with van der Waals surface area (Å²) in [4.78, 5) is 19.3. The number of nitrogens with zero attached hydrogens (tertiary/aromatic N) is 2. The van der Waals surface area contributed by atoms with E-state index in [0.717, 1.165) is 23.4 Å². The lowest BCUT2D eigenvalue weighted by Crippen LogP contribution is -2.48. The van der Waals surface area contributed by atoms with Gasteiger partial charge in [0.15, 0.2) is 0 Å². The van der Waals surface area contributed by atoms with Crippen LogP contribution in [-0.4, -0.2) is 41.0 Å². The Hall–Kier alpha value is -1.14. The minimum atomic E-state index is 0. The zero-order chi connectivity index (χ0) is 16.7. The molecule has 2 aliphatic rings. The van der Waals surface area contributed by atoms with Crippen LogP contribution >= 0.6 is 36.2 Å². The van der Waals surface area contributed by atoms with Crippen LogP contribution in [0, 0.1) is 6.92 Å². The molecule has 2 aromatic rings. The molecule has 0 spiro atoms. The van der Waals surface area contributed by atoms with Gasteiger partial charge in [0.2, 0.25) is 0 Å². The Labute approximate surface area is 171 Å². The van der Waals surface area contributed by atoms with E-state index in [4.69, 9.17) is 0 Å². The molecule has 2 fully saturated rings. The molecule has 2 aliphatic heterocycles. The van der Waals surface area contributed by atoms with Crippen LogP contribution in [0.4, 0.5) is 0 Å². The van der Waals surface area contributed by atoms with Gasteiger partial charge in [0.25, 0.3) is 5.91 Å². The molecule has 0 saturated carbocycles. The van der Waals surface area contributed by atoms with Gasteiger partial charge < -0.3 is 10.2 Å². The van der Waals surface area contributed by atoms with Crippen LogP contribution < -0.4 is 5.32 Å². The molecule has 7 heteroatoms. The molecule has 1 aromatic heterocycles. The number of piperidine rings is 1. The van der Waals surface area contributed by atoms with Gasteiger partial charge in [0.1, 0.15) is 10.7 Å². The Balaban J connectivity index is 0.00000121. The maximum atomic E-state index is 12.8. The number of thiazole rings is 1. The molecule has 142 valence electrons. The van der Waals surface area contributed by atoms with E-state index in [9.17, 15) is 4.79 Å². The van der Waals surface area contributed by atoms with E-state index in [0.29, 0.717) is 23.8 Å². The predicted octanol–water partition coefficient (Wildman–Crippen LogP) is 4.32. The minimum Gasteiger partial charge on any atom is -0.337 e. The number of rotatable bonds is 3. The number of amides is 1. The summed E-state index contributed by atoms with van der Waals surface area (Å²) >= 11 is 1.54. The Morgan fingerprint density at radius 3 is 2.38 bits per heavy atom. The highest BCUT2D eigenvalue weighted by molar-refractivity contribution is 7.13. The van der Waals surface area contributed by atoms with Gasteiger partial charge in [-0.2, -0.15) is 0 Å². The quantitative estimate of drug-likeness (QED) is 0.814. The van der Waals surface area contributed by atoms with Gasteiger partial charge in [-0.15, -0.1) is 36.2 Å². The summed E-state index contributed by atoms with van der Waals surface area (Å²) in [6, 6.07) is 9.79. The number of carbonyl (C=O) groups excluding carboxylic acids is 1. The first-order chi connectivity index (χ1) is 11.6. The smallest absolute Gasteiger partial charge is 0.273 e. The number of aromatic nitrogens is 1. The number of hydrogen-bond donors (Lipinski definition) is 1. The number of nitrogens with one attached hydrogen (secondary N) is 1. The zero-order valence-corrected chi connectivity index (χ0v) is 17.4. The highest BCUT2D eigenvalue weighted by Gasteiger charge is 2.36. The highest BCUT2D eigenvalue weighted by atomic mass is 35.5. The summed E-state index contributed by atoms with van der Waals surface area (Å²) in [5.41, 5.74) is 2.88. The van der Waals surface area contributed by atoms with Gasteiger partial charge in [0, 0.05) is 36.1 Å². The second-order valence-electron chi connectivity index (χ2n) is 7.08. The summed E-state index contributed by atoms with van der Waals surface area (Å²) in [5.74, 6) is 0.0518. The molecule has 0 radical (unpaired) electrons. The standard InChI is InChI=1S/C19H23N3OS.2ClH/c1-12-3-5-13(6-4-12)18-21-17(11-24-18)19(23)22(2)16-9-14-7-8-15(10-16)20-14;;/h3-6,11,14-16,20H,7-10H2,1-2H3;2*1H. The molecule has 2 unspecified atom stereocenters. The maximum absolute atomic E-state index is 12.8. The molecule has 26 heavy (non-hydrogen) atoms. The van der Waals surface area contributed by atoms with Crippen molar-refractivity contribution in [3.05, 3.63) is 40.9 Å². The molecule has 3 heterocycles. The third kappa shape index (κ3) is 4.22. The van der Waals surface area contributed by atoms with E-state index in [-0.39, 0.29) is 30.7 Å². The first-order valence-electron chi connectivity index (χ1n) is 8.66. The zero-order valence-electron chi connectivity index (χ0n) is 15.0. The predicted molar refractivity (Wildman–Crippen MR) is 112 cm³/mol. The summed E-state index contributed by atoms with van der Waals surface area (Å²) < 4.78 is 0. The van der Waals surface area contributed by atoms with Crippen LogP contribution in [0.3, 0.4) is 0 Å². The molecule has 2 atom stereocenters. The summed E-state index contributed by atoms with van der Waals surface area (Å²) in [6.07, 6.45) is 4.62. The molecular weight excluding hydrogens is 389 g/mol. The number of benzene rings is 1. The van der Waals surface area contributed by atoms with Crippen molar-refractivity contribution in [2.45, 2.75) is 50.7 Å². The van der Waals surface area contributed by atoms with Gasteiger partial charge in [0.05, 0.1) is 0 Å². The molecule has 2 bridgehead atoms. The van der Waals surface area contributed by atoms with Crippen molar-refractivity contribution in [1.82, 2.24) is 15.2 Å². The van der Waals surface area contributed by atoms with Crippen LogP contribution in [0.1, 0.15) is 41.7 Å². The lowest BCUT2D eigenvalue weighted by molar-refractivity contribution is 0.0676. The second kappa shape index (κ2) is 8.70. The van der Waals surface area contributed by atoms with Crippen molar-refractivity contribution in [3.63, 3.8) is 0 Å². The molecule has 1 N–H and O–H groups in total. The molecule has 1 amide bonds. The highest BCUT2D eigenvalue weighted by Crippen LogP contribution is 2.30. The van der Waals surface area contributed by atoms with Gasteiger partial charge >= 0.3 is 0 Å². The van der Waals surface area contributed by atoms with Crippen molar-refractivity contribution < 1.29 is 4.79 Å². The largest absolute Gasteiger partial charge is 0.337 e. The lowest BCUT2D eigenvalue weighted by Gasteiger charge is -2.35. The normalized spacial score (nSPS) is 23.7. The van der Waals surface area contributed by atoms with Crippen molar-refractivity contribution in [2.75, 3.05) is 7.05 Å². The third-order valence-electron chi connectivity index (χ3n) is 5.34. The Morgan fingerprint density at radius 1 is 1.15 bits per heavy atom. The SMILES string of the molecule is Cc1ccc(-c2nc(C(=O)N(C)C3CC4CCC(C3)N4)cs2)cc1.Cl.Cl. The van der Waals surface area contributed by atoms with Crippen LogP contribution in [-0.2, 0) is 0 Å². The van der Waals surface area contributed by atoms with Gasteiger partial charge in [-0.3, -0.25) is 4.79 Å². The summed E-state index contributed by atoms with van der Waals surface area (Å²) in [5, 5.41) is 6.44. The first-order valence-corrected chi connectivity index (χ1v) is 9.54. The van der Waals surface area contributed by atoms with Gasteiger partial charge in [-0.1, -0.05) is 29.8 Å². The van der Waals surface area contributed by atoms with Crippen LogP contribution in [0.5, 0.6) is 0 Å². The lowest BCUT2D eigenvalue weighted by atomic mass is 9.98. The Bertz CT molecular complexity index is 737. The van der Waals surface area contributed by atoms with E-state index < -0.39 is 0 Å². The van der Waals surface area contributed by atoms with E-state index in [1.165, 1.54) is 18.4 Å². The molecule has 2 saturated heterocycles. The molecule has 0 aliphatic carbocycles. The molecule has 1 aromatic carbocycles. The van der Waals surface area contributed by atoms with E-state index in [2.05, 4.69) is 41.5 Å². The van der Waals surface area contributed by atoms with E-state index in [1.807, 2.05) is 17.3 Å². The van der Waals surface area contributed by atoms with E-state index >= 15 is 0 Å². The van der Waals surface area contributed by atoms with Crippen LogP contribution in [0.25, 0.3) is 10.6 Å². The van der Waals surface area contributed by atoms with Crippen molar-refractivity contribution in [1.29, 1.82) is 0 Å². The average molecular weight is 414 g/mol. The average Bonchev–Trinajstić information content (AvgIpc) is 3.21. The van der Waals surface area contributed by atoms with Crippen molar-refractivity contribution in [2.24, 2.45) is 0 Å². The fourth-order valence-corrected chi connectivity index (χ4v) is 4.69. The summed E-state index contributed by atoms with van der Waals surface area (Å²) in [6.45, 7) is 2.07. The van der Waals surface area contributed by atoms with E-state index in [1.54, 1.807) is 11.3 Å². The third-order valence-corrected chi connectivity index (χ3v) is 6.23. The van der Waals surface area contributed by atoms with Gasteiger partial charge in [-0.25, -0.2) is 4.98 Å². The number of aryl methyl sites for hydroxylation is 1. The Kier molecular flexibility index (Phi) is 7.08. The monoisotopic (exact) mass is 413 g/mol. The first kappa shape index (κ1) is 21.2. The molecular formula is C19H25Cl2N3OS. The minimum absolute atomic E-state index is 0. The molecule has 4 rings (SSSR count). The van der Waals surface area contributed by atoms with Gasteiger partial charge in [-0.05, 0) is 32.6 Å². The number of fused-ring (bicyclic) bond motifs is 2. The number of hydrogen-bond acceptors (Lipinski definition) is 4. The van der Waals surface area contributed by atoms with Crippen molar-refractivity contribution in [3.8, 4) is 10.6 Å². The number of halogens is 2. The Morgan fingerprint density at radius 2 is 1.77 bits per heavy atom. The fourth-order valence-electron chi connectivity index (χ4n) is 3.89.